The molecular formula is C16H14F3N3O4. The molecule has 2 aromatic carbocycles. The molecule has 0 aliphatic carbocycles. The van der Waals surface area contributed by atoms with Gasteiger partial charge in [0.25, 0.3) is 5.69 Å². The highest BCUT2D eigenvalue weighted by Crippen LogP contribution is 2.38. The van der Waals surface area contributed by atoms with Gasteiger partial charge in [-0.1, -0.05) is 0 Å². The number of hydrogen-bond acceptors (Lipinski definition) is 5. The van der Waals surface area contributed by atoms with Crippen LogP contribution in [0.1, 0.15) is 12.5 Å². The van der Waals surface area contributed by atoms with Crippen LogP contribution in [0.3, 0.4) is 0 Å². The van der Waals surface area contributed by atoms with Gasteiger partial charge in [-0.25, -0.2) is 0 Å². The smallest absolute Gasteiger partial charge is 0.416 e. The Morgan fingerprint density at radius 2 is 1.85 bits per heavy atom. The normalized spacial score (nSPS) is 11.0. The molecule has 0 aliphatic heterocycles. The second-order valence-corrected chi connectivity index (χ2v) is 5.21. The fourth-order valence-electron chi connectivity index (χ4n) is 2.20. The number of nitro benzene ring substituents is 1. The molecule has 0 radical (unpaired) electrons. The largest absolute Gasteiger partial charge is 0.495 e. The highest BCUT2D eigenvalue weighted by atomic mass is 19.4. The zero-order valence-electron chi connectivity index (χ0n) is 13.7. The molecule has 0 spiro atoms. The van der Waals surface area contributed by atoms with Crippen LogP contribution in [0.5, 0.6) is 5.75 Å². The molecule has 0 aliphatic rings. The van der Waals surface area contributed by atoms with Crippen LogP contribution in [0.4, 0.5) is 35.9 Å². The number of nitro groups is 1. The van der Waals surface area contributed by atoms with Crippen molar-refractivity contribution in [2.75, 3.05) is 17.7 Å². The first-order valence-corrected chi connectivity index (χ1v) is 7.20. The average Bonchev–Trinajstić information content (AvgIpc) is 2.53. The van der Waals surface area contributed by atoms with Gasteiger partial charge in [0.15, 0.2) is 0 Å². The van der Waals surface area contributed by atoms with E-state index in [0.717, 1.165) is 12.1 Å². The van der Waals surface area contributed by atoms with Crippen LogP contribution in [0.2, 0.25) is 0 Å². The van der Waals surface area contributed by atoms with Gasteiger partial charge in [-0.05, 0) is 30.3 Å². The van der Waals surface area contributed by atoms with Gasteiger partial charge in [0.1, 0.15) is 11.4 Å². The van der Waals surface area contributed by atoms with E-state index in [9.17, 15) is 28.1 Å². The minimum Gasteiger partial charge on any atom is -0.495 e. The fraction of sp³-hybridized carbons (Fsp3) is 0.188. The summed E-state index contributed by atoms with van der Waals surface area (Å²) in [6, 6.07) is 6.65. The summed E-state index contributed by atoms with van der Waals surface area (Å²) >= 11 is 0. The number of halogens is 3. The van der Waals surface area contributed by atoms with Crippen LogP contribution in [0.25, 0.3) is 0 Å². The van der Waals surface area contributed by atoms with E-state index in [0.29, 0.717) is 11.8 Å². The van der Waals surface area contributed by atoms with Crippen LogP contribution in [0.15, 0.2) is 36.4 Å². The maximum atomic E-state index is 12.8. The zero-order valence-corrected chi connectivity index (χ0v) is 13.7. The van der Waals surface area contributed by atoms with Crippen LogP contribution in [0, 0.1) is 10.1 Å². The SMILES string of the molecule is COc1ccc(NC(C)=O)cc1Nc1ccc(C(F)(F)F)cc1[N+](=O)[O-]. The number of ether oxygens (including phenoxy) is 1. The molecule has 0 saturated heterocycles. The number of anilines is 3. The predicted molar refractivity (Wildman–Crippen MR) is 88.7 cm³/mol. The zero-order chi connectivity index (χ0) is 19.5. The molecule has 10 heteroatoms. The van der Waals surface area contributed by atoms with E-state index in [2.05, 4.69) is 10.6 Å². The molecule has 0 heterocycles. The molecule has 0 unspecified atom stereocenters. The van der Waals surface area contributed by atoms with Crippen molar-refractivity contribution < 1.29 is 27.6 Å². The van der Waals surface area contributed by atoms with Crippen molar-refractivity contribution in [2.45, 2.75) is 13.1 Å². The molecule has 2 N–H and O–H groups in total. The summed E-state index contributed by atoms with van der Waals surface area (Å²) in [7, 11) is 1.36. The number of carbonyl (C=O) groups is 1. The number of alkyl halides is 3. The molecule has 138 valence electrons. The Kier molecular flexibility index (Phi) is 5.34. The molecule has 1 amide bonds. The molecule has 0 atom stereocenters. The molecule has 0 bridgehead atoms. The summed E-state index contributed by atoms with van der Waals surface area (Å²) in [5.41, 5.74) is -1.40. The molecule has 0 fully saturated rings. The molecule has 2 rings (SSSR count). The number of hydrogen-bond donors (Lipinski definition) is 2. The Labute approximate surface area is 145 Å². The lowest BCUT2D eigenvalue weighted by Gasteiger charge is -2.14. The van der Waals surface area contributed by atoms with E-state index in [1.54, 1.807) is 6.07 Å². The minimum atomic E-state index is -4.70. The van der Waals surface area contributed by atoms with Gasteiger partial charge in [-0.15, -0.1) is 0 Å². The van der Waals surface area contributed by atoms with Gasteiger partial charge in [-0.2, -0.15) is 13.2 Å². The third-order valence-corrected chi connectivity index (χ3v) is 3.31. The van der Waals surface area contributed by atoms with Crippen LogP contribution >= 0.6 is 0 Å². The van der Waals surface area contributed by atoms with Crippen LogP contribution < -0.4 is 15.4 Å². The predicted octanol–water partition coefficient (Wildman–Crippen LogP) is 4.32. The lowest BCUT2D eigenvalue weighted by atomic mass is 10.1. The first-order chi connectivity index (χ1) is 12.1. The van der Waals surface area contributed by atoms with Crippen molar-refractivity contribution in [3.63, 3.8) is 0 Å². The van der Waals surface area contributed by atoms with Crippen molar-refractivity contribution >= 4 is 28.7 Å². The molecule has 0 saturated carbocycles. The van der Waals surface area contributed by atoms with E-state index >= 15 is 0 Å². The van der Waals surface area contributed by atoms with E-state index < -0.39 is 22.4 Å². The number of nitrogens with zero attached hydrogens (tertiary/aromatic N) is 1. The maximum absolute atomic E-state index is 12.8. The molecule has 26 heavy (non-hydrogen) atoms. The summed E-state index contributed by atoms with van der Waals surface area (Å²) in [6.45, 7) is 1.30. The summed E-state index contributed by atoms with van der Waals surface area (Å²) in [5, 5.41) is 16.4. The number of rotatable bonds is 5. The van der Waals surface area contributed by atoms with Crippen LogP contribution in [-0.4, -0.2) is 17.9 Å². The highest BCUT2D eigenvalue weighted by molar-refractivity contribution is 5.90. The van der Waals surface area contributed by atoms with Gasteiger partial charge in [0.05, 0.1) is 23.3 Å². The lowest BCUT2D eigenvalue weighted by Crippen LogP contribution is -2.08. The van der Waals surface area contributed by atoms with Crippen molar-refractivity contribution in [3.05, 3.63) is 52.1 Å². The Balaban J connectivity index is 2.47. The first kappa shape index (κ1) is 19.0. The summed E-state index contributed by atoms with van der Waals surface area (Å²) < 4.78 is 43.5. The van der Waals surface area contributed by atoms with Crippen LogP contribution in [-0.2, 0) is 11.0 Å². The fourth-order valence-corrected chi connectivity index (χ4v) is 2.20. The van der Waals surface area contributed by atoms with Crippen molar-refractivity contribution in [2.24, 2.45) is 0 Å². The van der Waals surface area contributed by atoms with E-state index in [1.807, 2.05) is 0 Å². The third kappa shape index (κ3) is 4.41. The Morgan fingerprint density at radius 3 is 2.38 bits per heavy atom. The highest BCUT2D eigenvalue weighted by Gasteiger charge is 2.33. The number of methoxy groups -OCH3 is 1. The number of amides is 1. The van der Waals surface area contributed by atoms with Crippen molar-refractivity contribution in [1.29, 1.82) is 0 Å². The van der Waals surface area contributed by atoms with Gasteiger partial charge >= 0.3 is 6.18 Å². The second-order valence-electron chi connectivity index (χ2n) is 5.21. The van der Waals surface area contributed by atoms with Gasteiger partial charge < -0.3 is 15.4 Å². The van der Waals surface area contributed by atoms with Crippen molar-refractivity contribution in [1.82, 2.24) is 0 Å². The van der Waals surface area contributed by atoms with Gasteiger partial charge in [0, 0.05) is 18.7 Å². The molecular weight excluding hydrogens is 355 g/mol. The second kappa shape index (κ2) is 7.30. The summed E-state index contributed by atoms with van der Waals surface area (Å²) in [6.07, 6.45) is -4.70. The Morgan fingerprint density at radius 1 is 1.15 bits per heavy atom. The summed E-state index contributed by atoms with van der Waals surface area (Å²) in [5.74, 6) is -0.0464. The molecule has 7 nitrogen and oxygen atoms in total. The first-order valence-electron chi connectivity index (χ1n) is 7.20. The van der Waals surface area contributed by atoms with Gasteiger partial charge in [0.2, 0.25) is 5.91 Å². The summed E-state index contributed by atoms with van der Waals surface area (Å²) in [4.78, 5) is 21.4. The molecule has 0 aromatic heterocycles. The Bertz CT molecular complexity index is 853. The number of carbonyl (C=O) groups excluding carboxylic acids is 1. The quantitative estimate of drug-likeness (QED) is 0.605. The lowest BCUT2D eigenvalue weighted by molar-refractivity contribution is -0.384. The van der Waals surface area contributed by atoms with Gasteiger partial charge in [-0.3, -0.25) is 14.9 Å². The monoisotopic (exact) mass is 369 g/mol. The Hall–Kier alpha value is -3.30. The van der Waals surface area contributed by atoms with E-state index in [1.165, 1.54) is 26.2 Å². The topological polar surface area (TPSA) is 93.5 Å². The minimum absolute atomic E-state index is 0.152. The number of nitrogens with one attached hydrogen (secondary N) is 2. The average molecular weight is 369 g/mol. The third-order valence-electron chi connectivity index (χ3n) is 3.31. The van der Waals surface area contributed by atoms with E-state index in [4.69, 9.17) is 4.74 Å². The maximum Gasteiger partial charge on any atom is 0.416 e. The standard InChI is InChI=1S/C16H14F3N3O4/c1-9(23)20-11-4-6-15(26-2)13(8-11)21-12-5-3-10(16(17,18)19)7-14(12)22(24)25/h3-8,21H,1-2H3,(H,20,23). The van der Waals surface area contributed by atoms with Crippen molar-refractivity contribution in [3.8, 4) is 5.75 Å². The molecule has 2 aromatic rings. The number of benzene rings is 2. The van der Waals surface area contributed by atoms with E-state index in [-0.39, 0.29) is 23.0 Å².